The highest BCUT2D eigenvalue weighted by Gasteiger charge is 2.05. The molecule has 86 valence electrons. The van der Waals surface area contributed by atoms with Crippen LogP contribution in [0.2, 0.25) is 0 Å². The molecule has 4 heteroatoms. The third-order valence-corrected chi connectivity index (χ3v) is 2.09. The first-order chi connectivity index (χ1) is 6.74. The number of nitrogen functional groups attached to an aromatic ring is 1. The molecular formula is C11H19ClN2O. The van der Waals surface area contributed by atoms with E-state index < -0.39 is 6.10 Å². The summed E-state index contributed by atoms with van der Waals surface area (Å²) in [7, 11) is 0. The lowest BCUT2D eigenvalue weighted by molar-refractivity contribution is 0.175. The molecule has 1 rings (SSSR count). The lowest BCUT2D eigenvalue weighted by atomic mass is 10.1. The molecule has 0 saturated heterocycles. The van der Waals surface area contributed by atoms with Gasteiger partial charge in [-0.05, 0) is 30.7 Å². The van der Waals surface area contributed by atoms with Crippen molar-refractivity contribution in [2.75, 3.05) is 18.8 Å². The number of halogens is 1. The molecular weight excluding hydrogens is 212 g/mol. The Labute approximate surface area is 97.1 Å². The van der Waals surface area contributed by atoms with Crippen molar-refractivity contribution in [3.8, 4) is 0 Å². The highest BCUT2D eigenvalue weighted by atomic mass is 35.5. The van der Waals surface area contributed by atoms with Gasteiger partial charge in [-0.15, -0.1) is 12.4 Å². The molecule has 1 unspecified atom stereocenters. The average Bonchev–Trinajstić information content (AvgIpc) is 2.19. The normalized spacial score (nSPS) is 11.9. The number of aliphatic hydroxyl groups is 1. The average molecular weight is 231 g/mol. The van der Waals surface area contributed by atoms with Gasteiger partial charge >= 0.3 is 0 Å². The largest absolute Gasteiger partial charge is 0.399 e. The molecule has 1 atom stereocenters. The second-order valence-corrected chi connectivity index (χ2v) is 3.39. The van der Waals surface area contributed by atoms with E-state index in [9.17, 15) is 5.11 Å². The number of hydrogen-bond donors (Lipinski definition) is 3. The van der Waals surface area contributed by atoms with E-state index in [4.69, 9.17) is 5.73 Å². The van der Waals surface area contributed by atoms with Crippen LogP contribution in [0.4, 0.5) is 5.69 Å². The van der Waals surface area contributed by atoms with Crippen molar-refractivity contribution in [1.29, 1.82) is 0 Å². The lowest BCUT2D eigenvalue weighted by Crippen LogP contribution is -2.22. The molecule has 0 radical (unpaired) electrons. The molecule has 1 aromatic rings. The van der Waals surface area contributed by atoms with Crippen LogP contribution in [0.3, 0.4) is 0 Å². The first-order valence-electron chi connectivity index (χ1n) is 4.98. The van der Waals surface area contributed by atoms with E-state index in [1.807, 2.05) is 12.1 Å². The van der Waals surface area contributed by atoms with Gasteiger partial charge in [0.15, 0.2) is 0 Å². The number of nitrogens with two attached hydrogens (primary N) is 1. The van der Waals surface area contributed by atoms with Crippen LogP contribution < -0.4 is 11.1 Å². The highest BCUT2D eigenvalue weighted by Crippen LogP contribution is 2.13. The fraction of sp³-hybridized carbons (Fsp3) is 0.455. The van der Waals surface area contributed by atoms with Crippen LogP contribution in [0, 0.1) is 0 Å². The van der Waals surface area contributed by atoms with Crippen LogP contribution in [0.15, 0.2) is 24.3 Å². The predicted molar refractivity (Wildman–Crippen MR) is 66.2 cm³/mol. The summed E-state index contributed by atoms with van der Waals surface area (Å²) in [6.45, 7) is 3.63. The smallest absolute Gasteiger partial charge is 0.0914 e. The number of benzene rings is 1. The SMILES string of the molecule is CCCNCC(O)c1ccc(N)cc1.Cl. The zero-order chi connectivity index (χ0) is 10.4. The second kappa shape index (κ2) is 7.51. The van der Waals surface area contributed by atoms with E-state index in [1.54, 1.807) is 12.1 Å². The van der Waals surface area contributed by atoms with Gasteiger partial charge in [0.25, 0.3) is 0 Å². The molecule has 0 heterocycles. The molecule has 0 aliphatic rings. The molecule has 0 bridgehead atoms. The van der Waals surface area contributed by atoms with Crippen molar-refractivity contribution < 1.29 is 5.11 Å². The van der Waals surface area contributed by atoms with Crippen molar-refractivity contribution in [2.45, 2.75) is 19.4 Å². The predicted octanol–water partition coefficient (Wildman–Crippen LogP) is 1.72. The zero-order valence-electron chi connectivity index (χ0n) is 8.94. The molecule has 4 N–H and O–H groups in total. The molecule has 1 aromatic carbocycles. The maximum Gasteiger partial charge on any atom is 0.0914 e. The third-order valence-electron chi connectivity index (χ3n) is 2.09. The van der Waals surface area contributed by atoms with E-state index >= 15 is 0 Å². The van der Waals surface area contributed by atoms with Crippen LogP contribution in [0.1, 0.15) is 25.0 Å². The number of nitrogens with one attached hydrogen (secondary N) is 1. The third kappa shape index (κ3) is 5.02. The van der Waals surface area contributed by atoms with E-state index in [-0.39, 0.29) is 12.4 Å². The molecule has 3 nitrogen and oxygen atoms in total. The van der Waals surface area contributed by atoms with Crippen LogP contribution >= 0.6 is 12.4 Å². The molecule has 0 aliphatic carbocycles. The van der Waals surface area contributed by atoms with Crippen LogP contribution in [-0.4, -0.2) is 18.2 Å². The standard InChI is InChI=1S/C11H18N2O.ClH/c1-2-7-13-8-11(14)9-3-5-10(12)6-4-9;/h3-6,11,13-14H,2,7-8,12H2,1H3;1H. The van der Waals surface area contributed by atoms with Crippen LogP contribution in [0.5, 0.6) is 0 Å². The van der Waals surface area contributed by atoms with Gasteiger partial charge < -0.3 is 16.2 Å². The Morgan fingerprint density at radius 3 is 2.47 bits per heavy atom. The quantitative estimate of drug-likeness (QED) is 0.533. The summed E-state index contributed by atoms with van der Waals surface area (Å²) in [5.41, 5.74) is 7.18. The van der Waals surface area contributed by atoms with Gasteiger partial charge in [0.1, 0.15) is 0 Å². The molecule has 0 fully saturated rings. The van der Waals surface area contributed by atoms with E-state index in [1.165, 1.54) is 0 Å². The van der Waals surface area contributed by atoms with Gasteiger partial charge in [0.2, 0.25) is 0 Å². The summed E-state index contributed by atoms with van der Waals surface area (Å²) < 4.78 is 0. The summed E-state index contributed by atoms with van der Waals surface area (Å²) >= 11 is 0. The van der Waals surface area contributed by atoms with Gasteiger partial charge in [-0.25, -0.2) is 0 Å². The van der Waals surface area contributed by atoms with Gasteiger partial charge in [-0.2, -0.15) is 0 Å². The highest BCUT2D eigenvalue weighted by molar-refractivity contribution is 5.85. The van der Waals surface area contributed by atoms with Crippen molar-refractivity contribution >= 4 is 18.1 Å². The Morgan fingerprint density at radius 2 is 1.93 bits per heavy atom. The Hall–Kier alpha value is -0.770. The summed E-state index contributed by atoms with van der Waals surface area (Å²) in [6.07, 6.45) is 0.635. The van der Waals surface area contributed by atoms with Gasteiger partial charge in [0, 0.05) is 12.2 Å². The van der Waals surface area contributed by atoms with Crippen molar-refractivity contribution in [2.24, 2.45) is 0 Å². The first kappa shape index (κ1) is 14.2. The first-order valence-corrected chi connectivity index (χ1v) is 4.98. The molecule has 0 amide bonds. The fourth-order valence-electron chi connectivity index (χ4n) is 1.25. The van der Waals surface area contributed by atoms with Crippen molar-refractivity contribution in [3.63, 3.8) is 0 Å². The molecule has 0 saturated carbocycles. The summed E-state index contributed by atoms with van der Waals surface area (Å²) in [5.74, 6) is 0. The minimum Gasteiger partial charge on any atom is -0.399 e. The monoisotopic (exact) mass is 230 g/mol. The molecule has 0 spiro atoms. The fourth-order valence-corrected chi connectivity index (χ4v) is 1.25. The maximum atomic E-state index is 9.73. The van der Waals surface area contributed by atoms with Gasteiger partial charge in [-0.3, -0.25) is 0 Å². The van der Waals surface area contributed by atoms with E-state index in [0.29, 0.717) is 6.54 Å². The Balaban J connectivity index is 0.00000196. The number of aliphatic hydroxyl groups excluding tert-OH is 1. The molecule has 0 aliphatic heterocycles. The van der Waals surface area contributed by atoms with E-state index in [2.05, 4.69) is 12.2 Å². The minimum atomic E-state index is -0.442. The Kier molecular flexibility index (Phi) is 7.13. The summed E-state index contributed by atoms with van der Waals surface area (Å²) in [4.78, 5) is 0. The van der Waals surface area contributed by atoms with Crippen molar-refractivity contribution in [1.82, 2.24) is 5.32 Å². The van der Waals surface area contributed by atoms with Gasteiger partial charge in [0.05, 0.1) is 6.10 Å². The number of hydrogen-bond acceptors (Lipinski definition) is 3. The lowest BCUT2D eigenvalue weighted by Gasteiger charge is -2.11. The molecule has 15 heavy (non-hydrogen) atoms. The summed E-state index contributed by atoms with van der Waals surface area (Å²) in [6, 6.07) is 7.32. The number of rotatable bonds is 5. The van der Waals surface area contributed by atoms with E-state index in [0.717, 1.165) is 24.2 Å². The van der Waals surface area contributed by atoms with Crippen LogP contribution in [0.25, 0.3) is 0 Å². The van der Waals surface area contributed by atoms with Gasteiger partial charge in [-0.1, -0.05) is 19.1 Å². The summed E-state index contributed by atoms with van der Waals surface area (Å²) in [5, 5.41) is 12.9. The minimum absolute atomic E-state index is 0. The Morgan fingerprint density at radius 1 is 1.33 bits per heavy atom. The Bertz CT molecular complexity index is 264. The zero-order valence-corrected chi connectivity index (χ0v) is 9.76. The second-order valence-electron chi connectivity index (χ2n) is 3.39. The maximum absolute atomic E-state index is 9.73. The van der Waals surface area contributed by atoms with Crippen LogP contribution in [-0.2, 0) is 0 Å². The topological polar surface area (TPSA) is 58.3 Å². The number of anilines is 1. The van der Waals surface area contributed by atoms with Crippen molar-refractivity contribution in [3.05, 3.63) is 29.8 Å². The molecule has 0 aromatic heterocycles.